The van der Waals surface area contributed by atoms with Crippen molar-refractivity contribution in [2.75, 3.05) is 6.54 Å². The molecule has 1 aliphatic rings. The number of amides is 1. The molecule has 19 heavy (non-hydrogen) atoms. The third kappa shape index (κ3) is 4.06. The molecule has 2 rings (SSSR count). The molecule has 1 aromatic carbocycles. The molecule has 0 aliphatic carbocycles. The summed E-state index contributed by atoms with van der Waals surface area (Å²) in [6, 6.07) is 9.47. The molecule has 1 aromatic rings. The molecule has 2 N–H and O–H groups in total. The third-order valence-electron chi connectivity index (χ3n) is 3.12. The maximum Gasteiger partial charge on any atom is 0.332 e. The van der Waals surface area contributed by atoms with Crippen LogP contribution in [0.15, 0.2) is 30.3 Å². The number of carboxylic acids is 1. The van der Waals surface area contributed by atoms with Crippen LogP contribution in [0.4, 0.5) is 0 Å². The zero-order valence-corrected chi connectivity index (χ0v) is 10.5. The van der Waals surface area contributed by atoms with Crippen molar-refractivity contribution in [2.45, 2.75) is 31.5 Å². The van der Waals surface area contributed by atoms with E-state index in [1.165, 1.54) is 0 Å². The summed E-state index contributed by atoms with van der Waals surface area (Å²) >= 11 is 0. The van der Waals surface area contributed by atoms with Crippen molar-refractivity contribution in [1.29, 1.82) is 0 Å². The van der Waals surface area contributed by atoms with Crippen LogP contribution in [0, 0.1) is 0 Å². The van der Waals surface area contributed by atoms with E-state index < -0.39 is 12.1 Å². The molecule has 2 atom stereocenters. The minimum absolute atomic E-state index is 0.0754. The molecule has 0 aromatic heterocycles. The number of benzene rings is 1. The highest BCUT2D eigenvalue weighted by atomic mass is 16.5. The van der Waals surface area contributed by atoms with Crippen LogP contribution in [-0.4, -0.2) is 35.7 Å². The Labute approximate surface area is 111 Å². The molecule has 1 fully saturated rings. The summed E-state index contributed by atoms with van der Waals surface area (Å²) in [5.74, 6) is -1.01. The average molecular weight is 263 g/mol. The Morgan fingerprint density at radius 3 is 2.63 bits per heavy atom. The molecular formula is C14H17NO4. The highest BCUT2D eigenvalue weighted by Gasteiger charge is 2.30. The first-order chi connectivity index (χ1) is 9.15. The van der Waals surface area contributed by atoms with Crippen molar-refractivity contribution >= 4 is 11.9 Å². The largest absolute Gasteiger partial charge is 0.479 e. The summed E-state index contributed by atoms with van der Waals surface area (Å²) in [6.07, 6.45) is 0.587. The summed E-state index contributed by atoms with van der Waals surface area (Å²) in [5.41, 5.74) is 0.954. The fraction of sp³-hybridized carbons (Fsp3) is 0.429. The van der Waals surface area contributed by atoms with Crippen LogP contribution < -0.4 is 5.32 Å². The summed E-state index contributed by atoms with van der Waals surface area (Å²) in [6.45, 7) is 0.370. The molecule has 1 amide bonds. The van der Waals surface area contributed by atoms with Crippen LogP contribution >= 0.6 is 0 Å². The van der Waals surface area contributed by atoms with Crippen molar-refractivity contribution < 1.29 is 19.4 Å². The first-order valence-electron chi connectivity index (χ1n) is 6.34. The predicted octanol–water partition coefficient (Wildman–Crippen LogP) is 0.977. The molecule has 5 heteroatoms. The molecule has 2 unspecified atom stereocenters. The molecule has 0 saturated carbocycles. The molecular weight excluding hydrogens is 246 g/mol. The standard InChI is InChI=1S/C14H17NO4/c16-13(8-10-4-2-1-3-5-10)15-9-11-6-7-12(19-11)14(17)18/h1-5,11-12H,6-9H2,(H,15,16)(H,17,18). The Balaban J connectivity index is 1.71. The monoisotopic (exact) mass is 263 g/mol. The second kappa shape index (κ2) is 6.33. The number of hydrogen-bond donors (Lipinski definition) is 2. The Morgan fingerprint density at radius 1 is 1.26 bits per heavy atom. The van der Waals surface area contributed by atoms with Crippen molar-refractivity contribution in [3.05, 3.63) is 35.9 Å². The van der Waals surface area contributed by atoms with Gasteiger partial charge in [-0.1, -0.05) is 30.3 Å². The lowest BCUT2D eigenvalue weighted by atomic mass is 10.1. The smallest absolute Gasteiger partial charge is 0.332 e. The second-order valence-electron chi connectivity index (χ2n) is 4.63. The lowest BCUT2D eigenvalue weighted by molar-refractivity contribution is -0.149. The lowest BCUT2D eigenvalue weighted by Gasteiger charge is -2.12. The SMILES string of the molecule is O=C(Cc1ccccc1)NCC1CCC(C(=O)O)O1. The Hall–Kier alpha value is -1.88. The zero-order chi connectivity index (χ0) is 13.7. The number of ether oxygens (including phenoxy) is 1. The Bertz CT molecular complexity index is 446. The van der Waals surface area contributed by atoms with Crippen LogP contribution in [0.5, 0.6) is 0 Å². The van der Waals surface area contributed by atoms with Gasteiger partial charge in [0.1, 0.15) is 0 Å². The van der Waals surface area contributed by atoms with E-state index in [9.17, 15) is 9.59 Å². The van der Waals surface area contributed by atoms with Gasteiger partial charge in [-0.2, -0.15) is 0 Å². The van der Waals surface area contributed by atoms with Gasteiger partial charge in [0.2, 0.25) is 5.91 Å². The van der Waals surface area contributed by atoms with E-state index in [4.69, 9.17) is 9.84 Å². The quantitative estimate of drug-likeness (QED) is 0.830. The molecule has 1 saturated heterocycles. The molecule has 0 spiro atoms. The van der Waals surface area contributed by atoms with E-state index in [1.54, 1.807) is 0 Å². The van der Waals surface area contributed by atoms with Gasteiger partial charge in [0.15, 0.2) is 6.10 Å². The highest BCUT2D eigenvalue weighted by molar-refractivity contribution is 5.78. The number of hydrogen-bond acceptors (Lipinski definition) is 3. The molecule has 0 radical (unpaired) electrons. The van der Waals surface area contributed by atoms with Crippen LogP contribution in [-0.2, 0) is 20.7 Å². The van der Waals surface area contributed by atoms with Crippen LogP contribution in [0.25, 0.3) is 0 Å². The van der Waals surface area contributed by atoms with Gasteiger partial charge in [0.25, 0.3) is 0 Å². The zero-order valence-electron chi connectivity index (χ0n) is 10.5. The minimum Gasteiger partial charge on any atom is -0.479 e. The lowest BCUT2D eigenvalue weighted by Crippen LogP contribution is -2.34. The number of carbonyl (C=O) groups is 2. The van der Waals surface area contributed by atoms with E-state index in [2.05, 4.69) is 5.32 Å². The Kier molecular flexibility index (Phi) is 4.52. The van der Waals surface area contributed by atoms with Crippen molar-refractivity contribution in [3.8, 4) is 0 Å². The van der Waals surface area contributed by atoms with Crippen LogP contribution in [0.1, 0.15) is 18.4 Å². The van der Waals surface area contributed by atoms with Crippen molar-refractivity contribution in [3.63, 3.8) is 0 Å². The fourth-order valence-corrected chi connectivity index (χ4v) is 2.11. The predicted molar refractivity (Wildman–Crippen MR) is 68.7 cm³/mol. The summed E-state index contributed by atoms with van der Waals surface area (Å²) in [5, 5.41) is 11.6. The molecule has 0 bridgehead atoms. The van der Waals surface area contributed by atoms with Gasteiger partial charge < -0.3 is 15.2 Å². The molecule has 1 aliphatic heterocycles. The van der Waals surface area contributed by atoms with E-state index in [0.717, 1.165) is 5.56 Å². The van der Waals surface area contributed by atoms with Gasteiger partial charge in [-0.25, -0.2) is 4.79 Å². The number of nitrogens with one attached hydrogen (secondary N) is 1. The van der Waals surface area contributed by atoms with Crippen LogP contribution in [0.3, 0.4) is 0 Å². The maximum absolute atomic E-state index is 11.7. The third-order valence-corrected chi connectivity index (χ3v) is 3.12. The van der Waals surface area contributed by atoms with E-state index in [0.29, 0.717) is 25.8 Å². The maximum atomic E-state index is 11.7. The number of carboxylic acid groups (broad SMARTS) is 1. The first kappa shape index (κ1) is 13.5. The van der Waals surface area contributed by atoms with E-state index in [-0.39, 0.29) is 12.0 Å². The highest BCUT2D eigenvalue weighted by Crippen LogP contribution is 2.19. The molecule has 1 heterocycles. The topological polar surface area (TPSA) is 75.6 Å². The normalized spacial score (nSPS) is 22.1. The summed E-state index contributed by atoms with van der Waals surface area (Å²) < 4.78 is 5.31. The first-order valence-corrected chi connectivity index (χ1v) is 6.34. The summed E-state index contributed by atoms with van der Waals surface area (Å²) in [7, 11) is 0. The van der Waals surface area contributed by atoms with E-state index >= 15 is 0 Å². The number of rotatable bonds is 5. The minimum atomic E-state index is -0.932. The van der Waals surface area contributed by atoms with Gasteiger partial charge in [-0.15, -0.1) is 0 Å². The van der Waals surface area contributed by atoms with Gasteiger partial charge >= 0.3 is 5.97 Å². The van der Waals surface area contributed by atoms with Gasteiger partial charge in [0, 0.05) is 6.54 Å². The Morgan fingerprint density at radius 2 is 2.00 bits per heavy atom. The molecule has 5 nitrogen and oxygen atoms in total. The average Bonchev–Trinajstić information content (AvgIpc) is 2.86. The van der Waals surface area contributed by atoms with Crippen molar-refractivity contribution in [2.24, 2.45) is 0 Å². The fourth-order valence-electron chi connectivity index (χ4n) is 2.11. The number of carbonyl (C=O) groups excluding carboxylic acids is 1. The second-order valence-corrected chi connectivity index (χ2v) is 4.63. The van der Waals surface area contributed by atoms with Gasteiger partial charge in [-0.3, -0.25) is 4.79 Å². The number of aliphatic carboxylic acids is 1. The molecule has 102 valence electrons. The van der Waals surface area contributed by atoms with E-state index in [1.807, 2.05) is 30.3 Å². The van der Waals surface area contributed by atoms with Gasteiger partial charge in [-0.05, 0) is 18.4 Å². The summed E-state index contributed by atoms with van der Waals surface area (Å²) in [4.78, 5) is 22.4. The van der Waals surface area contributed by atoms with Crippen LogP contribution in [0.2, 0.25) is 0 Å². The van der Waals surface area contributed by atoms with Gasteiger partial charge in [0.05, 0.1) is 12.5 Å². The van der Waals surface area contributed by atoms with Crippen molar-refractivity contribution in [1.82, 2.24) is 5.32 Å².